The Morgan fingerprint density at radius 3 is 2.65 bits per heavy atom. The fourth-order valence-corrected chi connectivity index (χ4v) is 4.37. The maximum absolute atomic E-state index is 13.3. The lowest BCUT2D eigenvalue weighted by molar-refractivity contribution is -0.117. The van der Waals surface area contributed by atoms with Gasteiger partial charge in [-0.1, -0.05) is 30.3 Å². The molecular weight excluding hydrogens is 469 g/mol. The number of aromatic nitrogens is 3. The van der Waals surface area contributed by atoms with Crippen LogP contribution in [0.2, 0.25) is 0 Å². The third-order valence-electron chi connectivity index (χ3n) is 6.41. The number of benzene rings is 2. The first-order valence-electron chi connectivity index (χ1n) is 11.6. The van der Waals surface area contributed by atoms with E-state index in [1.54, 1.807) is 62.8 Å². The van der Waals surface area contributed by atoms with Crippen LogP contribution in [0.25, 0.3) is 33.3 Å². The van der Waals surface area contributed by atoms with Crippen LogP contribution in [0, 0.1) is 17.1 Å². The quantitative estimate of drug-likeness (QED) is 0.346. The van der Waals surface area contributed by atoms with E-state index in [1.165, 1.54) is 16.7 Å². The number of fused-ring (bicyclic) bond motifs is 1. The molecule has 2 N–H and O–H groups in total. The smallest absolute Gasteiger partial charge is 0.260 e. The van der Waals surface area contributed by atoms with Crippen LogP contribution in [0.1, 0.15) is 24.0 Å². The number of rotatable bonds is 5. The number of aryl methyl sites for hydroxylation is 1. The van der Waals surface area contributed by atoms with Gasteiger partial charge in [-0.2, -0.15) is 5.26 Å². The van der Waals surface area contributed by atoms with Crippen molar-refractivity contribution < 1.29 is 9.18 Å². The molecule has 1 unspecified atom stereocenters. The molecule has 0 saturated heterocycles. The van der Waals surface area contributed by atoms with E-state index < -0.39 is 5.92 Å². The van der Waals surface area contributed by atoms with Gasteiger partial charge in [0.25, 0.3) is 5.56 Å². The molecule has 0 aliphatic rings. The van der Waals surface area contributed by atoms with Crippen molar-refractivity contribution in [2.24, 2.45) is 7.05 Å². The van der Waals surface area contributed by atoms with Crippen LogP contribution in [-0.2, 0) is 11.8 Å². The number of carbonyl (C=O) groups is 1. The standard InChI is InChI=1S/C29H22FN5O2/c1-17(18-7-9-21(30)10-8-18)28(36)34-24-15-19(11-13-32-24)27-25(22-6-4-3-5-20(22)16-31)26-23(33-27)12-14-35(2)29(26)37/h3-15,17,33H,1-2H3,(H,32,34,36). The van der Waals surface area contributed by atoms with E-state index in [4.69, 9.17) is 0 Å². The maximum Gasteiger partial charge on any atom is 0.260 e. The fourth-order valence-electron chi connectivity index (χ4n) is 4.37. The molecule has 1 amide bonds. The van der Waals surface area contributed by atoms with E-state index in [-0.39, 0.29) is 17.3 Å². The summed E-state index contributed by atoms with van der Waals surface area (Å²) in [6, 6.07) is 20.4. The van der Waals surface area contributed by atoms with Crippen molar-refractivity contribution in [2.75, 3.05) is 5.32 Å². The molecule has 0 bridgehead atoms. The third-order valence-corrected chi connectivity index (χ3v) is 6.41. The summed E-state index contributed by atoms with van der Waals surface area (Å²) in [4.78, 5) is 33.7. The van der Waals surface area contributed by atoms with Crippen LogP contribution < -0.4 is 10.9 Å². The van der Waals surface area contributed by atoms with Crippen molar-refractivity contribution in [3.8, 4) is 28.5 Å². The number of halogens is 1. The molecule has 1 atom stereocenters. The van der Waals surface area contributed by atoms with Gasteiger partial charge in [0, 0.05) is 36.1 Å². The Morgan fingerprint density at radius 2 is 1.89 bits per heavy atom. The largest absolute Gasteiger partial charge is 0.354 e. The normalized spacial score (nSPS) is 11.7. The van der Waals surface area contributed by atoms with E-state index in [0.29, 0.717) is 50.2 Å². The summed E-state index contributed by atoms with van der Waals surface area (Å²) < 4.78 is 14.8. The Balaban J connectivity index is 1.60. The minimum absolute atomic E-state index is 0.196. The monoisotopic (exact) mass is 491 g/mol. The average Bonchev–Trinajstić information content (AvgIpc) is 3.31. The number of carbonyl (C=O) groups excluding carboxylic acids is 1. The molecule has 0 aliphatic heterocycles. The second kappa shape index (κ2) is 9.55. The molecular formula is C29H22FN5O2. The first kappa shape index (κ1) is 23.7. The van der Waals surface area contributed by atoms with Crippen molar-refractivity contribution in [3.05, 3.63) is 106 Å². The Bertz CT molecular complexity index is 1750. The van der Waals surface area contributed by atoms with Gasteiger partial charge in [-0.15, -0.1) is 0 Å². The average molecular weight is 492 g/mol. The molecule has 0 aliphatic carbocycles. The molecule has 0 fully saturated rings. The van der Waals surface area contributed by atoms with Crippen LogP contribution >= 0.6 is 0 Å². The van der Waals surface area contributed by atoms with Gasteiger partial charge in [0.2, 0.25) is 5.91 Å². The Labute approximate surface area is 211 Å². The highest BCUT2D eigenvalue weighted by atomic mass is 19.1. The molecule has 2 aromatic carbocycles. The molecule has 37 heavy (non-hydrogen) atoms. The van der Waals surface area contributed by atoms with Gasteiger partial charge in [-0.05, 0) is 48.9 Å². The van der Waals surface area contributed by atoms with Crippen LogP contribution in [0.3, 0.4) is 0 Å². The molecule has 5 aromatic rings. The summed E-state index contributed by atoms with van der Waals surface area (Å²) in [7, 11) is 1.68. The second-order valence-electron chi connectivity index (χ2n) is 8.75. The minimum atomic E-state index is -0.528. The maximum atomic E-state index is 13.3. The number of nitriles is 1. The molecule has 7 nitrogen and oxygen atoms in total. The van der Waals surface area contributed by atoms with Gasteiger partial charge >= 0.3 is 0 Å². The summed E-state index contributed by atoms with van der Waals surface area (Å²) in [5.41, 5.74) is 4.10. The van der Waals surface area contributed by atoms with E-state index in [0.717, 1.165) is 0 Å². The van der Waals surface area contributed by atoms with E-state index in [9.17, 15) is 19.2 Å². The van der Waals surface area contributed by atoms with Crippen LogP contribution in [0.15, 0.2) is 83.9 Å². The first-order valence-corrected chi connectivity index (χ1v) is 11.6. The first-order chi connectivity index (χ1) is 17.9. The number of H-pyrrole nitrogens is 1. The SMILES string of the molecule is CC(C(=O)Nc1cc(-c2[nH]c3ccn(C)c(=O)c3c2-c2ccccc2C#N)ccn1)c1ccc(F)cc1. The van der Waals surface area contributed by atoms with Crippen LogP contribution in [0.4, 0.5) is 10.2 Å². The number of anilines is 1. The molecule has 5 rings (SSSR count). The molecule has 8 heteroatoms. The fraction of sp³-hybridized carbons (Fsp3) is 0.103. The lowest BCUT2D eigenvalue weighted by atomic mass is 9.95. The van der Waals surface area contributed by atoms with Gasteiger partial charge in [-0.3, -0.25) is 9.59 Å². The predicted octanol–water partition coefficient (Wildman–Crippen LogP) is 5.35. The molecule has 182 valence electrons. The Morgan fingerprint density at radius 1 is 1.14 bits per heavy atom. The summed E-state index contributed by atoms with van der Waals surface area (Å²) in [6.07, 6.45) is 3.25. The Kier molecular flexibility index (Phi) is 6.12. The van der Waals surface area contributed by atoms with Crippen molar-refractivity contribution in [3.63, 3.8) is 0 Å². The summed E-state index contributed by atoms with van der Waals surface area (Å²) in [5, 5.41) is 13.0. The van der Waals surface area contributed by atoms with Crippen molar-refractivity contribution in [1.29, 1.82) is 5.26 Å². The van der Waals surface area contributed by atoms with Crippen LogP contribution in [0.5, 0.6) is 0 Å². The predicted molar refractivity (Wildman–Crippen MR) is 140 cm³/mol. The third kappa shape index (κ3) is 4.39. The van der Waals surface area contributed by atoms with Crippen molar-refractivity contribution in [1.82, 2.24) is 14.5 Å². The number of nitrogens with one attached hydrogen (secondary N) is 2. The molecule has 0 spiro atoms. The van der Waals surface area contributed by atoms with E-state index in [2.05, 4.69) is 21.4 Å². The second-order valence-corrected chi connectivity index (χ2v) is 8.75. The van der Waals surface area contributed by atoms with Gasteiger partial charge in [-0.25, -0.2) is 9.37 Å². The van der Waals surface area contributed by atoms with Crippen molar-refractivity contribution in [2.45, 2.75) is 12.8 Å². The van der Waals surface area contributed by atoms with Gasteiger partial charge in [0.1, 0.15) is 11.6 Å². The number of aromatic amines is 1. The highest BCUT2D eigenvalue weighted by molar-refractivity contribution is 6.04. The minimum Gasteiger partial charge on any atom is -0.354 e. The highest BCUT2D eigenvalue weighted by Gasteiger charge is 2.21. The van der Waals surface area contributed by atoms with E-state index >= 15 is 0 Å². The molecule has 0 radical (unpaired) electrons. The topological polar surface area (TPSA) is 104 Å². The Hall–Kier alpha value is -5.03. The zero-order valence-corrected chi connectivity index (χ0v) is 20.1. The molecule has 0 saturated carbocycles. The zero-order valence-electron chi connectivity index (χ0n) is 20.1. The van der Waals surface area contributed by atoms with E-state index in [1.807, 2.05) is 18.2 Å². The lowest BCUT2D eigenvalue weighted by Crippen LogP contribution is -2.19. The summed E-state index contributed by atoms with van der Waals surface area (Å²) >= 11 is 0. The van der Waals surface area contributed by atoms with Gasteiger partial charge in [0.15, 0.2) is 0 Å². The zero-order chi connectivity index (χ0) is 26.1. The molecule has 3 heterocycles. The highest BCUT2D eigenvalue weighted by Crippen LogP contribution is 2.38. The lowest BCUT2D eigenvalue weighted by Gasteiger charge is -2.13. The summed E-state index contributed by atoms with van der Waals surface area (Å²) in [5.74, 6) is -0.868. The number of hydrogen-bond donors (Lipinski definition) is 2. The van der Waals surface area contributed by atoms with Crippen molar-refractivity contribution >= 4 is 22.6 Å². The summed E-state index contributed by atoms with van der Waals surface area (Å²) in [6.45, 7) is 1.73. The number of amides is 1. The number of hydrogen-bond acceptors (Lipinski definition) is 4. The number of nitrogens with zero attached hydrogens (tertiary/aromatic N) is 3. The van der Waals surface area contributed by atoms with Crippen LogP contribution in [-0.4, -0.2) is 20.4 Å². The van der Waals surface area contributed by atoms with Gasteiger partial charge < -0.3 is 14.9 Å². The van der Waals surface area contributed by atoms with Gasteiger partial charge in [0.05, 0.1) is 34.1 Å². The molecule has 3 aromatic heterocycles. The number of pyridine rings is 2.